The summed E-state index contributed by atoms with van der Waals surface area (Å²) in [5, 5.41) is 15.8. The van der Waals surface area contributed by atoms with E-state index in [4.69, 9.17) is 0 Å². The SMILES string of the molecule is O=C(CNC(=O)c1cccc([N+](=O)[O-])c1)NCCN1CCCCCC1=O. The summed E-state index contributed by atoms with van der Waals surface area (Å²) >= 11 is 0. The molecule has 0 aliphatic carbocycles. The van der Waals surface area contributed by atoms with Crippen molar-refractivity contribution >= 4 is 23.4 Å². The van der Waals surface area contributed by atoms with Gasteiger partial charge in [-0.1, -0.05) is 12.5 Å². The first kappa shape index (κ1) is 19.4. The van der Waals surface area contributed by atoms with E-state index in [-0.39, 0.29) is 29.6 Å². The van der Waals surface area contributed by atoms with Gasteiger partial charge >= 0.3 is 0 Å². The summed E-state index contributed by atoms with van der Waals surface area (Å²) in [5.74, 6) is -0.840. The van der Waals surface area contributed by atoms with Crippen LogP contribution in [0.5, 0.6) is 0 Å². The van der Waals surface area contributed by atoms with E-state index >= 15 is 0 Å². The van der Waals surface area contributed by atoms with Crippen molar-refractivity contribution in [1.82, 2.24) is 15.5 Å². The van der Waals surface area contributed by atoms with Crippen LogP contribution in [0.2, 0.25) is 0 Å². The van der Waals surface area contributed by atoms with E-state index in [2.05, 4.69) is 10.6 Å². The third-order valence-electron chi connectivity index (χ3n) is 4.10. The maximum absolute atomic E-state index is 12.0. The zero-order chi connectivity index (χ0) is 18.9. The van der Waals surface area contributed by atoms with E-state index in [0.717, 1.165) is 25.3 Å². The third-order valence-corrected chi connectivity index (χ3v) is 4.10. The molecule has 0 atom stereocenters. The number of rotatable bonds is 7. The first-order chi connectivity index (χ1) is 12.5. The second-order valence-electron chi connectivity index (χ2n) is 6.03. The molecule has 1 fully saturated rings. The number of nitrogens with zero attached hydrogens (tertiary/aromatic N) is 2. The van der Waals surface area contributed by atoms with Gasteiger partial charge in [-0.25, -0.2) is 0 Å². The quantitative estimate of drug-likeness (QED) is 0.550. The Labute approximate surface area is 150 Å². The molecule has 26 heavy (non-hydrogen) atoms. The average molecular weight is 362 g/mol. The lowest BCUT2D eigenvalue weighted by Crippen LogP contribution is -2.42. The lowest BCUT2D eigenvalue weighted by Gasteiger charge is -2.20. The Hall–Kier alpha value is -2.97. The molecule has 2 N–H and O–H groups in total. The Bertz CT molecular complexity index is 691. The number of non-ortho nitro benzene ring substituents is 1. The van der Waals surface area contributed by atoms with Gasteiger partial charge < -0.3 is 15.5 Å². The van der Waals surface area contributed by atoms with E-state index in [1.54, 1.807) is 4.90 Å². The Morgan fingerprint density at radius 1 is 1.19 bits per heavy atom. The monoisotopic (exact) mass is 362 g/mol. The van der Waals surface area contributed by atoms with Crippen molar-refractivity contribution in [1.29, 1.82) is 0 Å². The molecule has 0 spiro atoms. The van der Waals surface area contributed by atoms with E-state index in [9.17, 15) is 24.5 Å². The fraction of sp³-hybridized carbons (Fsp3) is 0.471. The molecule has 9 heteroatoms. The summed E-state index contributed by atoms with van der Waals surface area (Å²) in [7, 11) is 0. The smallest absolute Gasteiger partial charge is 0.270 e. The van der Waals surface area contributed by atoms with Gasteiger partial charge in [-0.3, -0.25) is 24.5 Å². The molecule has 3 amide bonds. The van der Waals surface area contributed by atoms with Crippen LogP contribution in [0.3, 0.4) is 0 Å². The number of carbonyl (C=O) groups is 3. The Kier molecular flexibility index (Phi) is 7.07. The molecule has 2 rings (SSSR count). The predicted molar refractivity (Wildman–Crippen MR) is 93.5 cm³/mol. The maximum Gasteiger partial charge on any atom is 0.270 e. The highest BCUT2D eigenvalue weighted by Gasteiger charge is 2.16. The second-order valence-corrected chi connectivity index (χ2v) is 6.03. The van der Waals surface area contributed by atoms with Crippen LogP contribution in [0.25, 0.3) is 0 Å². The molecule has 9 nitrogen and oxygen atoms in total. The highest BCUT2D eigenvalue weighted by Crippen LogP contribution is 2.13. The van der Waals surface area contributed by atoms with Gasteiger partial charge in [0.25, 0.3) is 11.6 Å². The van der Waals surface area contributed by atoms with Crippen LogP contribution < -0.4 is 10.6 Å². The first-order valence-corrected chi connectivity index (χ1v) is 8.54. The number of nitrogens with one attached hydrogen (secondary N) is 2. The van der Waals surface area contributed by atoms with Gasteiger partial charge in [-0.05, 0) is 18.9 Å². The summed E-state index contributed by atoms with van der Waals surface area (Å²) in [5.41, 5.74) is -0.0774. The third kappa shape index (κ3) is 5.83. The van der Waals surface area contributed by atoms with Gasteiger partial charge in [-0.15, -0.1) is 0 Å². The fourth-order valence-corrected chi connectivity index (χ4v) is 2.69. The molecule has 1 saturated heterocycles. The van der Waals surface area contributed by atoms with E-state index in [1.165, 1.54) is 18.2 Å². The minimum Gasteiger partial charge on any atom is -0.353 e. The molecule has 1 aromatic carbocycles. The Morgan fingerprint density at radius 3 is 2.77 bits per heavy atom. The molecule has 1 heterocycles. The first-order valence-electron chi connectivity index (χ1n) is 8.54. The average Bonchev–Trinajstić information content (AvgIpc) is 2.84. The van der Waals surface area contributed by atoms with E-state index in [1.807, 2.05) is 0 Å². The van der Waals surface area contributed by atoms with Gasteiger partial charge in [-0.2, -0.15) is 0 Å². The summed E-state index contributed by atoms with van der Waals surface area (Å²) < 4.78 is 0. The number of likely N-dealkylation sites (tertiary alicyclic amines) is 1. The molecular formula is C17H22N4O5. The fourth-order valence-electron chi connectivity index (χ4n) is 2.69. The molecule has 1 aromatic rings. The lowest BCUT2D eigenvalue weighted by atomic mass is 10.2. The summed E-state index contributed by atoms with van der Waals surface area (Å²) in [6.07, 6.45) is 3.47. The molecule has 0 radical (unpaired) electrons. The van der Waals surface area contributed by atoms with Crippen LogP contribution in [0.1, 0.15) is 36.0 Å². The number of nitro groups is 1. The predicted octanol–water partition coefficient (Wildman–Crippen LogP) is 0.843. The topological polar surface area (TPSA) is 122 Å². The van der Waals surface area contributed by atoms with Crippen molar-refractivity contribution in [3.05, 3.63) is 39.9 Å². The van der Waals surface area contributed by atoms with Gasteiger partial charge in [0, 0.05) is 43.8 Å². The van der Waals surface area contributed by atoms with Gasteiger partial charge in [0.05, 0.1) is 11.5 Å². The lowest BCUT2D eigenvalue weighted by molar-refractivity contribution is -0.384. The van der Waals surface area contributed by atoms with Gasteiger partial charge in [0.2, 0.25) is 11.8 Å². The second kappa shape index (κ2) is 9.50. The van der Waals surface area contributed by atoms with Crippen molar-refractivity contribution in [2.45, 2.75) is 25.7 Å². The maximum atomic E-state index is 12.0. The molecule has 0 saturated carbocycles. The minimum atomic E-state index is -0.590. The molecule has 1 aliphatic rings. The van der Waals surface area contributed by atoms with Crippen LogP contribution >= 0.6 is 0 Å². The summed E-state index contributed by atoms with van der Waals surface area (Å²) in [6, 6.07) is 5.28. The highest BCUT2D eigenvalue weighted by atomic mass is 16.6. The normalized spacial score (nSPS) is 14.5. The van der Waals surface area contributed by atoms with Gasteiger partial charge in [0.1, 0.15) is 0 Å². The molecular weight excluding hydrogens is 340 g/mol. The number of benzene rings is 1. The number of carbonyl (C=O) groups excluding carboxylic acids is 3. The standard InChI is InChI=1S/C17H22N4O5/c22-15(18-8-10-20-9-3-1-2-7-16(20)23)12-19-17(24)13-5-4-6-14(11-13)21(25)26/h4-6,11H,1-3,7-10,12H2,(H,18,22)(H,19,24). The molecule has 0 bridgehead atoms. The van der Waals surface area contributed by atoms with Crippen molar-refractivity contribution in [3.8, 4) is 0 Å². The highest BCUT2D eigenvalue weighted by molar-refractivity contribution is 5.96. The van der Waals surface area contributed by atoms with Crippen LogP contribution in [-0.2, 0) is 9.59 Å². The van der Waals surface area contributed by atoms with Crippen LogP contribution in [0, 0.1) is 10.1 Å². The number of hydrogen-bond donors (Lipinski definition) is 2. The van der Waals surface area contributed by atoms with Crippen molar-refractivity contribution < 1.29 is 19.3 Å². The number of nitro benzene ring substituents is 1. The van der Waals surface area contributed by atoms with Crippen molar-refractivity contribution in [3.63, 3.8) is 0 Å². The summed E-state index contributed by atoms with van der Waals surface area (Å²) in [4.78, 5) is 47.5. The van der Waals surface area contributed by atoms with E-state index < -0.39 is 10.8 Å². The zero-order valence-corrected chi connectivity index (χ0v) is 14.4. The van der Waals surface area contributed by atoms with Crippen LogP contribution in [-0.4, -0.2) is 53.7 Å². The number of amides is 3. The summed E-state index contributed by atoms with van der Waals surface area (Å²) in [6.45, 7) is 1.23. The van der Waals surface area contributed by atoms with Crippen LogP contribution in [0.15, 0.2) is 24.3 Å². The molecule has 0 aromatic heterocycles. The Balaban J connectivity index is 1.72. The Morgan fingerprint density at radius 2 is 2.00 bits per heavy atom. The molecule has 1 aliphatic heterocycles. The van der Waals surface area contributed by atoms with Crippen LogP contribution in [0.4, 0.5) is 5.69 Å². The zero-order valence-electron chi connectivity index (χ0n) is 14.4. The minimum absolute atomic E-state index is 0.107. The largest absolute Gasteiger partial charge is 0.353 e. The molecule has 0 unspecified atom stereocenters. The van der Waals surface area contributed by atoms with Gasteiger partial charge in [0.15, 0.2) is 0 Å². The van der Waals surface area contributed by atoms with Crippen molar-refractivity contribution in [2.24, 2.45) is 0 Å². The number of hydrogen-bond acceptors (Lipinski definition) is 5. The van der Waals surface area contributed by atoms with Crippen molar-refractivity contribution in [2.75, 3.05) is 26.2 Å². The molecule has 140 valence electrons. The van der Waals surface area contributed by atoms with E-state index in [0.29, 0.717) is 26.1 Å².